The van der Waals surface area contributed by atoms with Crippen molar-refractivity contribution in [3.63, 3.8) is 0 Å². The van der Waals surface area contributed by atoms with E-state index in [2.05, 4.69) is 22.8 Å². The average molecular weight is 228 g/mol. The van der Waals surface area contributed by atoms with Crippen LogP contribution in [-0.4, -0.2) is 41.7 Å². The Kier molecular flexibility index (Phi) is 3.92. The van der Waals surface area contributed by atoms with Gasteiger partial charge in [-0.2, -0.15) is 12.6 Å². The van der Waals surface area contributed by atoms with Gasteiger partial charge in [0.15, 0.2) is 0 Å². The van der Waals surface area contributed by atoms with Gasteiger partial charge in [-0.25, -0.2) is 0 Å². The Morgan fingerprint density at radius 3 is 2.60 bits per heavy atom. The summed E-state index contributed by atoms with van der Waals surface area (Å²) in [7, 11) is 0. The number of nitrogens with zero attached hydrogens (tertiary/aromatic N) is 1. The molecule has 1 N–H and O–H groups in total. The standard InChI is InChI=1S/C11H20N2OS/c14-11(12-6-8-15)10-5-7-13(10)9-3-1-2-4-9/h9-10,15H,1-8H2,(H,12,14). The lowest BCUT2D eigenvalue weighted by molar-refractivity contribution is -0.132. The molecule has 4 heteroatoms. The predicted octanol–water partition coefficient (Wildman–Crippen LogP) is 1.05. The first kappa shape index (κ1) is 11.3. The molecule has 1 saturated carbocycles. The third-order valence-corrected chi connectivity index (χ3v) is 3.79. The van der Waals surface area contributed by atoms with Crippen LogP contribution in [0, 0.1) is 0 Å². The smallest absolute Gasteiger partial charge is 0.237 e. The lowest BCUT2D eigenvalue weighted by Gasteiger charge is -2.43. The Morgan fingerprint density at radius 2 is 2.07 bits per heavy atom. The van der Waals surface area contributed by atoms with E-state index in [-0.39, 0.29) is 11.9 Å². The second-order valence-corrected chi connectivity index (χ2v) is 4.94. The Balaban J connectivity index is 1.80. The van der Waals surface area contributed by atoms with Crippen LogP contribution < -0.4 is 5.32 Å². The summed E-state index contributed by atoms with van der Waals surface area (Å²) in [4.78, 5) is 14.2. The van der Waals surface area contributed by atoms with Crippen molar-refractivity contribution in [1.29, 1.82) is 0 Å². The van der Waals surface area contributed by atoms with Crippen LogP contribution in [0.2, 0.25) is 0 Å². The number of likely N-dealkylation sites (tertiary alicyclic amines) is 1. The fourth-order valence-corrected chi connectivity index (χ4v) is 2.77. The summed E-state index contributed by atoms with van der Waals surface area (Å²) in [6, 6.07) is 0.846. The summed E-state index contributed by atoms with van der Waals surface area (Å²) in [5.74, 6) is 0.934. The number of carbonyl (C=O) groups is 1. The molecule has 0 bridgehead atoms. The molecule has 1 amide bonds. The van der Waals surface area contributed by atoms with Crippen molar-refractivity contribution in [3.8, 4) is 0 Å². The van der Waals surface area contributed by atoms with Crippen molar-refractivity contribution in [2.45, 2.75) is 44.2 Å². The minimum absolute atomic E-state index is 0.160. The van der Waals surface area contributed by atoms with Gasteiger partial charge in [0.25, 0.3) is 0 Å². The van der Waals surface area contributed by atoms with Crippen LogP contribution in [0.1, 0.15) is 32.1 Å². The molecule has 2 fully saturated rings. The molecule has 0 spiro atoms. The van der Waals surface area contributed by atoms with Crippen molar-refractivity contribution in [2.75, 3.05) is 18.8 Å². The normalized spacial score (nSPS) is 27.7. The monoisotopic (exact) mass is 228 g/mol. The molecular weight excluding hydrogens is 208 g/mol. The van der Waals surface area contributed by atoms with E-state index in [1.807, 2.05) is 0 Å². The molecule has 0 aromatic rings. The van der Waals surface area contributed by atoms with Crippen molar-refractivity contribution in [2.24, 2.45) is 0 Å². The summed E-state index contributed by atoms with van der Waals surface area (Å²) in [5.41, 5.74) is 0. The van der Waals surface area contributed by atoms with E-state index in [1.165, 1.54) is 25.7 Å². The number of rotatable bonds is 4. The van der Waals surface area contributed by atoms with Gasteiger partial charge in [0.2, 0.25) is 5.91 Å². The molecule has 0 aromatic carbocycles. The van der Waals surface area contributed by atoms with E-state index in [9.17, 15) is 4.79 Å². The van der Waals surface area contributed by atoms with Crippen molar-refractivity contribution in [3.05, 3.63) is 0 Å². The van der Waals surface area contributed by atoms with Crippen LogP contribution >= 0.6 is 12.6 Å². The zero-order valence-electron chi connectivity index (χ0n) is 9.11. The van der Waals surface area contributed by atoms with Gasteiger partial charge in [-0.3, -0.25) is 9.69 Å². The second kappa shape index (κ2) is 5.21. The number of hydrogen-bond acceptors (Lipinski definition) is 3. The minimum Gasteiger partial charge on any atom is -0.354 e. The lowest BCUT2D eigenvalue weighted by atomic mass is 9.98. The van der Waals surface area contributed by atoms with Crippen molar-refractivity contribution in [1.82, 2.24) is 10.2 Å². The lowest BCUT2D eigenvalue weighted by Crippen LogP contribution is -2.59. The van der Waals surface area contributed by atoms with Gasteiger partial charge < -0.3 is 5.32 Å². The average Bonchev–Trinajstić information content (AvgIpc) is 2.66. The predicted molar refractivity (Wildman–Crippen MR) is 64.2 cm³/mol. The number of carbonyl (C=O) groups excluding carboxylic acids is 1. The molecule has 2 rings (SSSR count). The Bertz CT molecular complexity index is 229. The molecule has 0 aromatic heterocycles. The molecule has 0 radical (unpaired) electrons. The molecule has 15 heavy (non-hydrogen) atoms. The first-order valence-corrected chi connectivity index (χ1v) is 6.60. The molecular formula is C11H20N2OS. The van der Waals surface area contributed by atoms with Crippen molar-refractivity contribution >= 4 is 18.5 Å². The highest BCUT2D eigenvalue weighted by molar-refractivity contribution is 7.80. The van der Waals surface area contributed by atoms with Gasteiger partial charge in [-0.1, -0.05) is 12.8 Å². The fraction of sp³-hybridized carbons (Fsp3) is 0.909. The van der Waals surface area contributed by atoms with Gasteiger partial charge in [-0.15, -0.1) is 0 Å². The molecule has 86 valence electrons. The van der Waals surface area contributed by atoms with E-state index in [1.54, 1.807) is 0 Å². The van der Waals surface area contributed by atoms with Crippen LogP contribution in [-0.2, 0) is 4.79 Å². The fourth-order valence-electron chi connectivity index (χ4n) is 2.66. The number of thiol groups is 1. The zero-order chi connectivity index (χ0) is 10.7. The Hall–Kier alpha value is -0.220. The van der Waals surface area contributed by atoms with E-state index < -0.39 is 0 Å². The third kappa shape index (κ3) is 2.48. The zero-order valence-corrected chi connectivity index (χ0v) is 10.0. The molecule has 2 aliphatic rings. The maximum absolute atomic E-state index is 11.8. The summed E-state index contributed by atoms with van der Waals surface area (Å²) in [6.45, 7) is 1.81. The first-order chi connectivity index (χ1) is 7.33. The number of amides is 1. The highest BCUT2D eigenvalue weighted by atomic mass is 32.1. The highest BCUT2D eigenvalue weighted by Gasteiger charge is 2.39. The van der Waals surface area contributed by atoms with Crippen LogP contribution in [0.5, 0.6) is 0 Å². The summed E-state index contributed by atoms with van der Waals surface area (Å²) in [6.07, 6.45) is 6.29. The largest absolute Gasteiger partial charge is 0.354 e. The van der Waals surface area contributed by atoms with E-state index in [0.717, 1.165) is 18.7 Å². The summed E-state index contributed by atoms with van der Waals surface area (Å²) in [5, 5.41) is 2.93. The minimum atomic E-state index is 0.160. The molecule has 1 atom stereocenters. The molecule has 3 nitrogen and oxygen atoms in total. The quantitative estimate of drug-likeness (QED) is 0.705. The van der Waals surface area contributed by atoms with Gasteiger partial charge in [0.1, 0.15) is 0 Å². The van der Waals surface area contributed by atoms with Crippen LogP contribution in [0.25, 0.3) is 0 Å². The van der Waals surface area contributed by atoms with E-state index in [0.29, 0.717) is 12.6 Å². The number of hydrogen-bond donors (Lipinski definition) is 2. The van der Waals surface area contributed by atoms with Gasteiger partial charge >= 0.3 is 0 Å². The first-order valence-electron chi connectivity index (χ1n) is 5.97. The molecule has 1 unspecified atom stereocenters. The van der Waals surface area contributed by atoms with E-state index >= 15 is 0 Å². The Morgan fingerprint density at radius 1 is 1.33 bits per heavy atom. The van der Waals surface area contributed by atoms with Crippen LogP contribution in [0.4, 0.5) is 0 Å². The topological polar surface area (TPSA) is 32.3 Å². The van der Waals surface area contributed by atoms with Gasteiger partial charge in [0.05, 0.1) is 6.04 Å². The maximum Gasteiger partial charge on any atom is 0.237 e. The third-order valence-electron chi connectivity index (χ3n) is 3.57. The summed E-state index contributed by atoms with van der Waals surface area (Å²) < 4.78 is 0. The molecule has 1 aliphatic carbocycles. The van der Waals surface area contributed by atoms with Crippen molar-refractivity contribution < 1.29 is 4.79 Å². The highest BCUT2D eigenvalue weighted by Crippen LogP contribution is 2.30. The second-order valence-electron chi connectivity index (χ2n) is 4.50. The SMILES string of the molecule is O=C(NCCS)C1CCN1C1CCCC1. The number of nitrogens with one attached hydrogen (secondary N) is 1. The Labute approximate surface area is 97.0 Å². The van der Waals surface area contributed by atoms with E-state index in [4.69, 9.17) is 0 Å². The van der Waals surface area contributed by atoms with Crippen LogP contribution in [0.15, 0.2) is 0 Å². The molecule has 1 heterocycles. The molecule has 1 saturated heterocycles. The maximum atomic E-state index is 11.8. The van der Waals surface area contributed by atoms with Gasteiger partial charge in [-0.05, 0) is 19.3 Å². The molecule has 1 aliphatic heterocycles. The van der Waals surface area contributed by atoms with Gasteiger partial charge in [0, 0.05) is 24.9 Å². The summed E-state index contributed by atoms with van der Waals surface area (Å²) >= 11 is 4.09. The van der Waals surface area contributed by atoms with Crippen LogP contribution in [0.3, 0.4) is 0 Å².